The molecule has 0 unspecified atom stereocenters. The van der Waals surface area contributed by atoms with Gasteiger partial charge in [-0.15, -0.1) is 0 Å². The number of methoxy groups -OCH3 is 7. The number of rotatable bonds is 28. The van der Waals surface area contributed by atoms with Crippen LogP contribution in [0, 0.1) is 0 Å². The number of benzene rings is 6. The van der Waals surface area contributed by atoms with E-state index in [1.807, 2.05) is 147 Å². The molecule has 6 aromatic carbocycles. The maximum Gasteiger partial charge on any atom is 1.00 e. The number of anilines is 1. The summed E-state index contributed by atoms with van der Waals surface area (Å²) in [7, 11) is 5.75. The van der Waals surface area contributed by atoms with Gasteiger partial charge in [-0.05, 0) is 104 Å². The Morgan fingerprint density at radius 2 is 0.914 bits per heavy atom. The van der Waals surface area contributed by atoms with Gasteiger partial charge in [-0.25, -0.2) is 8.42 Å². The Hall–Kier alpha value is -1.83. The Balaban J connectivity index is 0.00000196. The van der Waals surface area contributed by atoms with Crippen molar-refractivity contribution in [3.8, 4) is 0 Å². The summed E-state index contributed by atoms with van der Waals surface area (Å²) in [5, 5.41) is 27.7. The summed E-state index contributed by atoms with van der Waals surface area (Å²) in [6.07, 6.45) is 10.6. The molecule has 0 atom stereocenters. The van der Waals surface area contributed by atoms with Gasteiger partial charge in [0.2, 0.25) is 11.4 Å². The molecule has 556 valence electrons. The molecule has 22 nitrogen and oxygen atoms in total. The van der Waals surface area contributed by atoms with Crippen LogP contribution < -0.4 is 204 Å². The number of nitrogens with zero attached hydrogens (tertiary/aromatic N) is 3. The van der Waals surface area contributed by atoms with Crippen LogP contribution in [-0.2, 0) is 132 Å². The Bertz CT molecular complexity index is 4050. The fraction of sp³-hybridized carbons (Fsp3) is 0.373. The van der Waals surface area contributed by atoms with Gasteiger partial charge in [0, 0.05) is 115 Å². The Labute approximate surface area is 776 Å². The molecule has 0 N–H and O–H groups in total. The third-order valence-corrected chi connectivity index (χ3v) is 19.5. The average Bonchev–Trinajstić information content (AvgIpc) is 1.61. The molecule has 0 radical (unpaired) electrons. The van der Waals surface area contributed by atoms with Gasteiger partial charge in [0.05, 0.1) is 80.4 Å². The van der Waals surface area contributed by atoms with Crippen molar-refractivity contribution in [2.24, 2.45) is 0 Å². The standard InChI is InChI=1S/C45H46N2O10S2.C21H23NO5S.C7H16O4.2CH4.2BrH.3K/c1-44(2)36-26-34(58-57-56-50)20-22-38(36)46(28-32-16-12-30(13-17-32)24-42(48)54-5)40(44)10-8-7-9-11-41-45(3,4)37-27-35(59(51,52)53)21-23-39(37)47(41)29-33-18-14-31(15-19-33)25-43(49)55-6;1-14-21(2,3)18-12-17(28-27-26-24)9-10-19(18)22(14)13-16-7-5-15(6-8-16)11-20(23)25-4;1-8-6(9-2)5-7(10-3)11-4;;;;;;;/h7-23,26-27H,24-25,28-29H2,1-6H3,(H-,50,51,52,53);5-10,12H,11,13H2,1-4H3;6-7H,5H2,1-4H3;2*1H4;2*1H;;;/q;;;;;;;3*+1/p-3. The van der Waals surface area contributed by atoms with Crippen molar-refractivity contribution in [2.45, 2.75) is 152 Å². The topological polar surface area (TPSA) is 265 Å². The predicted molar refractivity (Wildman–Crippen MR) is 378 cm³/mol. The minimum Gasteiger partial charge on any atom is -1.00 e. The van der Waals surface area contributed by atoms with Gasteiger partial charge in [0.1, 0.15) is 10.1 Å². The maximum absolute atomic E-state index is 12.1. The first-order valence-electron chi connectivity index (χ1n) is 31.0. The van der Waals surface area contributed by atoms with Crippen LogP contribution in [0.5, 0.6) is 0 Å². The second kappa shape index (κ2) is 48.9. The summed E-state index contributed by atoms with van der Waals surface area (Å²) >= 11 is 1.74. The quantitative estimate of drug-likeness (QED) is 0.00452. The van der Waals surface area contributed by atoms with Crippen LogP contribution in [0.2, 0.25) is 0 Å². The number of esters is 3. The Kier molecular flexibility index (Phi) is 48.1. The fourth-order valence-electron chi connectivity index (χ4n) is 11.8. The number of halogens is 2. The number of fused-ring (bicyclic) bond motifs is 3. The first-order chi connectivity index (χ1) is 46.7. The smallest absolute Gasteiger partial charge is 1.00 e. The first-order valence-corrected chi connectivity index (χ1v) is 33.9. The van der Waals surface area contributed by atoms with E-state index in [1.54, 1.807) is 34.5 Å². The van der Waals surface area contributed by atoms with Crippen LogP contribution in [0.4, 0.5) is 17.1 Å². The van der Waals surface area contributed by atoms with E-state index in [-0.39, 0.29) is 263 Å². The zero-order valence-electron chi connectivity index (χ0n) is 61.2. The summed E-state index contributed by atoms with van der Waals surface area (Å²) in [6.45, 7) is 16.5. The number of hydrogen-bond acceptors (Lipinski definition) is 22. The molecule has 0 aliphatic carbocycles. The number of carbonyl (C=O) groups excluding carboxylic acids is 3. The molecular weight excluding hydrogens is 1620 g/mol. The van der Waals surface area contributed by atoms with Crippen molar-refractivity contribution in [1.82, 2.24) is 0 Å². The molecule has 105 heavy (non-hydrogen) atoms. The summed E-state index contributed by atoms with van der Waals surface area (Å²) < 4.78 is 83.9. The van der Waals surface area contributed by atoms with Crippen molar-refractivity contribution in [2.75, 3.05) is 54.7 Å². The SMILES string of the molecule is C.C.COC(=O)Cc1ccc(CN2C(=CC=CC=CC3=[N+](Cc4ccc(CC(=O)OC)cc4)c4ccc(SOO[O-])cc4C3(C)C)C(C)(C)c3cc(S(=O)(=O)[O-])ccc32)cc1.COC(=O)Cc1ccc(C[N+]2=C(C)C(C)(C)c3cc(SOO[O-])ccc32)cc1.COC(CC(OC)OC)OC.[Br-].[Br-].[K+].[K+].[K+]. The number of hydrogen-bond donors (Lipinski definition) is 0. The van der Waals surface area contributed by atoms with Crippen molar-refractivity contribution in [3.63, 3.8) is 0 Å². The summed E-state index contributed by atoms with van der Waals surface area (Å²) in [5.74, 6) is -0.879. The molecule has 3 aliphatic rings. The van der Waals surface area contributed by atoms with Gasteiger partial charge in [-0.3, -0.25) is 24.5 Å². The van der Waals surface area contributed by atoms with E-state index in [9.17, 15) is 37.9 Å². The molecule has 0 aromatic heterocycles. The molecule has 3 heterocycles. The molecule has 0 saturated carbocycles. The van der Waals surface area contributed by atoms with Crippen LogP contribution in [0.15, 0.2) is 178 Å². The van der Waals surface area contributed by atoms with E-state index in [1.165, 1.54) is 44.7 Å². The summed E-state index contributed by atoms with van der Waals surface area (Å²) in [6, 6.07) is 39.8. The molecule has 0 saturated heterocycles. The van der Waals surface area contributed by atoms with Gasteiger partial charge >= 0.3 is 172 Å². The molecule has 0 amide bonds. The Morgan fingerprint density at radius 3 is 1.32 bits per heavy atom. The van der Waals surface area contributed by atoms with E-state index in [4.69, 9.17) is 33.2 Å². The maximum atomic E-state index is 12.1. The van der Waals surface area contributed by atoms with Crippen LogP contribution in [0.3, 0.4) is 0 Å². The Morgan fingerprint density at radius 1 is 0.514 bits per heavy atom. The van der Waals surface area contributed by atoms with Crippen LogP contribution in [0.25, 0.3) is 0 Å². The molecule has 3 aliphatic heterocycles. The third kappa shape index (κ3) is 28.1. The molecule has 0 spiro atoms. The minimum atomic E-state index is -4.68. The van der Waals surface area contributed by atoms with Crippen molar-refractivity contribution in [3.05, 3.63) is 214 Å². The van der Waals surface area contributed by atoms with Crippen LogP contribution in [0.1, 0.15) is 120 Å². The van der Waals surface area contributed by atoms with Crippen molar-refractivity contribution >= 4 is 80.6 Å². The van der Waals surface area contributed by atoms with E-state index in [2.05, 4.69) is 73.5 Å². The molecule has 9 rings (SSSR count). The second-order valence-electron chi connectivity index (χ2n) is 24.6. The van der Waals surface area contributed by atoms with Crippen molar-refractivity contribution < 1.29 is 287 Å². The van der Waals surface area contributed by atoms with Gasteiger partial charge in [0.15, 0.2) is 37.1 Å². The molecule has 30 heteroatoms. The van der Waals surface area contributed by atoms with E-state index < -0.39 is 20.9 Å². The molecule has 0 fully saturated rings. The van der Waals surface area contributed by atoms with Gasteiger partial charge < -0.3 is 87.1 Å². The predicted octanol–water partition coefficient (Wildman–Crippen LogP) is -3.04. The van der Waals surface area contributed by atoms with Crippen LogP contribution in [-0.4, -0.2) is 114 Å². The fourth-order valence-corrected chi connectivity index (χ4v) is 13.1. The van der Waals surface area contributed by atoms with Gasteiger partial charge in [-0.1, -0.05) is 120 Å². The second-order valence-corrected chi connectivity index (χ2v) is 27.5. The zero-order chi connectivity index (χ0) is 71.5. The molecule has 0 bridgehead atoms. The van der Waals surface area contributed by atoms with E-state index in [0.29, 0.717) is 30.0 Å². The third-order valence-electron chi connectivity index (χ3n) is 17.6. The van der Waals surface area contributed by atoms with Gasteiger partial charge in [0.25, 0.3) is 0 Å². The van der Waals surface area contributed by atoms with E-state index >= 15 is 0 Å². The van der Waals surface area contributed by atoms with Crippen LogP contribution >= 0.6 is 24.1 Å². The number of allylic oxidation sites excluding steroid dienone is 6. The normalized spacial score (nSPS) is 14.3. The van der Waals surface area contributed by atoms with E-state index in [0.717, 1.165) is 103 Å². The average molecular weight is 1710 g/mol. The molecular formula is C75H92Br2K3N3O19S3. The first kappa shape index (κ1) is 103. The zero-order valence-corrected chi connectivity index (χ0v) is 76.2. The molecule has 6 aromatic rings. The number of ether oxygens (including phenoxy) is 7. The summed E-state index contributed by atoms with van der Waals surface area (Å²) in [5.41, 5.74) is 13.5. The summed E-state index contributed by atoms with van der Waals surface area (Å²) in [4.78, 5) is 38.4. The monoisotopic (exact) mass is 1710 g/mol. The number of carbonyl (C=O) groups is 3. The van der Waals surface area contributed by atoms with Crippen molar-refractivity contribution in [1.29, 1.82) is 0 Å². The minimum absolute atomic E-state index is 0. The van der Waals surface area contributed by atoms with Gasteiger partial charge in [-0.2, -0.15) is 17.8 Å². The largest absolute Gasteiger partial charge is 1.00 e.